The lowest BCUT2D eigenvalue weighted by atomic mass is 10.0. The van der Waals surface area contributed by atoms with Crippen molar-refractivity contribution in [2.75, 3.05) is 0 Å². The highest BCUT2D eigenvalue weighted by atomic mass is 32.1. The molecule has 0 N–H and O–H groups in total. The molecule has 0 amide bonds. The molecule has 0 atom stereocenters. The third kappa shape index (κ3) is 4.76. The maximum Gasteiger partial charge on any atom is 0.160 e. The smallest absolute Gasteiger partial charge is 0.160 e. The van der Waals surface area contributed by atoms with Crippen LogP contribution in [0.3, 0.4) is 0 Å². The van der Waals surface area contributed by atoms with Gasteiger partial charge in [-0.3, -0.25) is 4.79 Å². The van der Waals surface area contributed by atoms with E-state index in [-0.39, 0.29) is 0 Å². The summed E-state index contributed by atoms with van der Waals surface area (Å²) in [6, 6.07) is 22.6. The van der Waals surface area contributed by atoms with Crippen molar-refractivity contribution in [2.24, 2.45) is 0 Å². The SMILES string of the molecule is C/C=C/C.O=Cc1ccc(-c2ccc(-c3ccccc3)cc2)s1. The van der Waals surface area contributed by atoms with Gasteiger partial charge in [0.25, 0.3) is 0 Å². The standard InChI is InChI=1S/C17H12OS.C4H8/c18-12-16-10-11-17(19-16)15-8-6-14(7-9-15)13-4-2-1-3-5-13;1-3-4-2/h1-12H;3-4H,1-2H3/b;4-3+. The molecule has 0 aliphatic heterocycles. The van der Waals surface area contributed by atoms with Crippen molar-refractivity contribution in [3.63, 3.8) is 0 Å². The van der Waals surface area contributed by atoms with Crippen molar-refractivity contribution in [2.45, 2.75) is 13.8 Å². The van der Waals surface area contributed by atoms with E-state index in [9.17, 15) is 4.79 Å². The first-order chi connectivity index (χ1) is 11.3. The summed E-state index contributed by atoms with van der Waals surface area (Å²) in [5.41, 5.74) is 3.57. The van der Waals surface area contributed by atoms with Gasteiger partial charge in [0.05, 0.1) is 4.88 Å². The first-order valence-corrected chi connectivity index (χ1v) is 8.38. The summed E-state index contributed by atoms with van der Waals surface area (Å²) in [7, 11) is 0. The second kappa shape index (κ2) is 8.86. The molecule has 0 aliphatic carbocycles. The Morgan fingerprint density at radius 3 is 1.78 bits per heavy atom. The molecule has 0 unspecified atom stereocenters. The maximum atomic E-state index is 10.7. The lowest BCUT2D eigenvalue weighted by Crippen LogP contribution is -1.77. The number of hydrogen-bond acceptors (Lipinski definition) is 2. The number of rotatable bonds is 3. The Hall–Kier alpha value is -2.45. The Labute approximate surface area is 141 Å². The molecule has 0 saturated carbocycles. The number of aldehydes is 1. The van der Waals surface area contributed by atoms with Crippen LogP contribution in [0, 0.1) is 0 Å². The Balaban J connectivity index is 0.000000433. The molecule has 23 heavy (non-hydrogen) atoms. The molecule has 0 radical (unpaired) electrons. The molecule has 2 aromatic carbocycles. The molecule has 3 rings (SSSR count). The first kappa shape index (κ1) is 16.9. The van der Waals surface area contributed by atoms with E-state index in [1.54, 1.807) is 0 Å². The topological polar surface area (TPSA) is 17.1 Å². The van der Waals surface area contributed by atoms with Gasteiger partial charge in [0.1, 0.15) is 0 Å². The van der Waals surface area contributed by atoms with Gasteiger partial charge in [-0.2, -0.15) is 0 Å². The van der Waals surface area contributed by atoms with Crippen LogP contribution < -0.4 is 0 Å². The van der Waals surface area contributed by atoms with Crippen molar-refractivity contribution >= 4 is 17.6 Å². The molecule has 0 aliphatic rings. The summed E-state index contributed by atoms with van der Waals surface area (Å²) in [6.45, 7) is 4.00. The number of allylic oxidation sites excluding steroid dienone is 2. The van der Waals surface area contributed by atoms with Crippen molar-refractivity contribution in [3.8, 4) is 21.6 Å². The molecule has 2 heteroatoms. The second-order valence-corrected chi connectivity index (χ2v) is 6.05. The van der Waals surface area contributed by atoms with Gasteiger partial charge in [-0.25, -0.2) is 0 Å². The van der Waals surface area contributed by atoms with Gasteiger partial charge in [-0.05, 0) is 42.7 Å². The van der Waals surface area contributed by atoms with E-state index >= 15 is 0 Å². The fourth-order valence-electron chi connectivity index (χ4n) is 2.03. The Bertz CT molecular complexity index is 748. The zero-order chi connectivity index (χ0) is 16.5. The van der Waals surface area contributed by atoms with Crippen molar-refractivity contribution in [3.05, 3.63) is 83.8 Å². The summed E-state index contributed by atoms with van der Waals surface area (Å²) in [6.07, 6.45) is 4.90. The summed E-state index contributed by atoms with van der Waals surface area (Å²) in [5.74, 6) is 0. The van der Waals surface area contributed by atoms with Crippen molar-refractivity contribution in [1.29, 1.82) is 0 Å². The maximum absolute atomic E-state index is 10.7. The molecule has 1 aromatic heterocycles. The molecule has 0 fully saturated rings. The van der Waals surface area contributed by atoms with E-state index in [1.807, 2.05) is 56.3 Å². The molecule has 1 heterocycles. The second-order valence-electron chi connectivity index (χ2n) is 4.93. The third-order valence-corrected chi connectivity index (χ3v) is 4.41. The van der Waals surface area contributed by atoms with Gasteiger partial charge in [-0.15, -0.1) is 11.3 Å². The number of benzene rings is 2. The highest BCUT2D eigenvalue weighted by Crippen LogP contribution is 2.29. The van der Waals surface area contributed by atoms with Crippen LogP contribution in [0.15, 0.2) is 78.9 Å². The van der Waals surface area contributed by atoms with E-state index < -0.39 is 0 Å². The van der Waals surface area contributed by atoms with E-state index in [2.05, 4.69) is 36.4 Å². The zero-order valence-corrected chi connectivity index (χ0v) is 14.2. The molecule has 1 nitrogen and oxygen atoms in total. The normalized spacial score (nSPS) is 10.2. The van der Waals surface area contributed by atoms with Gasteiger partial charge in [0.15, 0.2) is 6.29 Å². The lowest BCUT2D eigenvalue weighted by molar-refractivity contribution is 0.112. The summed E-state index contributed by atoms with van der Waals surface area (Å²) in [4.78, 5) is 12.6. The minimum Gasteiger partial charge on any atom is -0.297 e. The highest BCUT2D eigenvalue weighted by molar-refractivity contribution is 7.17. The molecule has 0 spiro atoms. The van der Waals surface area contributed by atoms with Crippen LogP contribution in [0.1, 0.15) is 23.5 Å². The highest BCUT2D eigenvalue weighted by Gasteiger charge is 2.03. The van der Waals surface area contributed by atoms with Crippen LogP contribution >= 0.6 is 11.3 Å². The largest absolute Gasteiger partial charge is 0.297 e. The number of hydrogen-bond donors (Lipinski definition) is 0. The molecular weight excluding hydrogens is 300 g/mol. The summed E-state index contributed by atoms with van der Waals surface area (Å²) >= 11 is 1.52. The molecule has 0 saturated heterocycles. The van der Waals surface area contributed by atoms with Crippen LogP contribution in [0.5, 0.6) is 0 Å². The van der Waals surface area contributed by atoms with Gasteiger partial charge in [0, 0.05) is 4.88 Å². The van der Waals surface area contributed by atoms with Crippen molar-refractivity contribution in [1.82, 2.24) is 0 Å². The summed E-state index contributed by atoms with van der Waals surface area (Å²) in [5, 5.41) is 0. The molecule has 116 valence electrons. The van der Waals surface area contributed by atoms with Crippen LogP contribution in [0.4, 0.5) is 0 Å². The van der Waals surface area contributed by atoms with Crippen molar-refractivity contribution < 1.29 is 4.79 Å². The fraction of sp³-hybridized carbons (Fsp3) is 0.0952. The first-order valence-electron chi connectivity index (χ1n) is 7.56. The van der Waals surface area contributed by atoms with E-state index in [4.69, 9.17) is 0 Å². The van der Waals surface area contributed by atoms with E-state index in [0.717, 1.165) is 21.6 Å². The van der Waals surface area contributed by atoms with Crippen LogP contribution in [0.25, 0.3) is 21.6 Å². The van der Waals surface area contributed by atoms with E-state index in [1.165, 1.54) is 22.5 Å². The predicted molar refractivity (Wildman–Crippen MR) is 101 cm³/mol. The lowest BCUT2D eigenvalue weighted by Gasteiger charge is -2.03. The van der Waals surface area contributed by atoms with Crippen LogP contribution in [-0.2, 0) is 0 Å². The average Bonchev–Trinajstić information content (AvgIpc) is 3.12. The van der Waals surface area contributed by atoms with Gasteiger partial charge in [-0.1, -0.05) is 66.7 Å². The quantitative estimate of drug-likeness (QED) is 0.399. The monoisotopic (exact) mass is 320 g/mol. The van der Waals surface area contributed by atoms with E-state index in [0.29, 0.717) is 0 Å². The van der Waals surface area contributed by atoms with Crippen LogP contribution in [0.2, 0.25) is 0 Å². The fourth-order valence-corrected chi connectivity index (χ4v) is 2.86. The number of carbonyl (C=O) groups is 1. The zero-order valence-electron chi connectivity index (χ0n) is 13.4. The Morgan fingerprint density at radius 1 is 0.696 bits per heavy atom. The van der Waals surface area contributed by atoms with Gasteiger partial charge < -0.3 is 0 Å². The molecule has 0 bridgehead atoms. The van der Waals surface area contributed by atoms with Crippen LogP contribution in [-0.4, -0.2) is 6.29 Å². The van der Waals surface area contributed by atoms with Gasteiger partial charge >= 0.3 is 0 Å². The molecular formula is C21H20OS. The van der Waals surface area contributed by atoms with Gasteiger partial charge in [0.2, 0.25) is 0 Å². The average molecular weight is 320 g/mol. The number of carbonyl (C=O) groups excluding carboxylic acids is 1. The summed E-state index contributed by atoms with van der Waals surface area (Å²) < 4.78 is 0. The Kier molecular flexibility index (Phi) is 6.52. The predicted octanol–water partition coefficient (Wildman–Crippen LogP) is 6.48. The third-order valence-electron chi connectivity index (χ3n) is 3.35. The minimum atomic E-state index is 0.766. The number of thiophene rings is 1. The molecule has 3 aromatic rings. The Morgan fingerprint density at radius 2 is 1.26 bits per heavy atom. The minimum absolute atomic E-state index is 0.766.